The summed E-state index contributed by atoms with van der Waals surface area (Å²) in [4.78, 5) is 0. The number of halogens is 4. The van der Waals surface area contributed by atoms with Gasteiger partial charge in [0.1, 0.15) is 18.2 Å². The Balaban J connectivity index is 1.59. The zero-order valence-electron chi connectivity index (χ0n) is 15.0. The van der Waals surface area contributed by atoms with Crippen LogP contribution in [0.4, 0.5) is 4.39 Å². The molecule has 0 heterocycles. The summed E-state index contributed by atoms with van der Waals surface area (Å²) in [5.74, 6) is 0.491. The van der Waals surface area contributed by atoms with Crippen LogP contribution in [0.2, 0.25) is 15.1 Å². The molecule has 3 rings (SSSR count). The average Bonchev–Trinajstić information content (AvgIpc) is 2.67. The predicted molar refractivity (Wildman–Crippen MR) is 114 cm³/mol. The maximum Gasteiger partial charge on any atom is 0.124 e. The molecule has 3 aromatic rings. The first-order valence-corrected chi connectivity index (χ1v) is 9.95. The van der Waals surface area contributed by atoms with Crippen molar-refractivity contribution in [1.29, 1.82) is 0 Å². The fourth-order valence-electron chi connectivity index (χ4n) is 2.75. The standard InChI is InChI=1S/C22H19Cl3FNO/c23-17-6-9-22(28-14-19-20(24)2-1-3-21(19)25)16(12-17)13-27-11-10-15-4-7-18(26)8-5-15/h1-9,12,27H,10-11,13-14H2. The molecule has 2 nitrogen and oxygen atoms in total. The minimum absolute atomic E-state index is 0.226. The van der Waals surface area contributed by atoms with E-state index in [0.29, 0.717) is 21.6 Å². The van der Waals surface area contributed by atoms with E-state index in [0.717, 1.165) is 35.4 Å². The van der Waals surface area contributed by atoms with E-state index < -0.39 is 0 Å². The molecule has 0 spiro atoms. The highest BCUT2D eigenvalue weighted by molar-refractivity contribution is 6.36. The Morgan fingerprint density at radius 1 is 0.893 bits per heavy atom. The van der Waals surface area contributed by atoms with Crippen LogP contribution in [-0.4, -0.2) is 6.54 Å². The topological polar surface area (TPSA) is 21.3 Å². The van der Waals surface area contributed by atoms with E-state index >= 15 is 0 Å². The maximum absolute atomic E-state index is 13.0. The van der Waals surface area contributed by atoms with Crippen LogP contribution in [0.3, 0.4) is 0 Å². The Kier molecular flexibility index (Phi) is 7.57. The predicted octanol–water partition coefficient (Wildman–Crippen LogP) is 6.70. The largest absolute Gasteiger partial charge is 0.488 e. The Labute approximate surface area is 179 Å². The number of benzene rings is 3. The van der Waals surface area contributed by atoms with Gasteiger partial charge in [-0.15, -0.1) is 0 Å². The highest BCUT2D eigenvalue weighted by atomic mass is 35.5. The fourth-order valence-corrected chi connectivity index (χ4v) is 3.46. The summed E-state index contributed by atoms with van der Waals surface area (Å²) in [6, 6.07) is 17.4. The highest BCUT2D eigenvalue weighted by Crippen LogP contribution is 2.28. The quantitative estimate of drug-likeness (QED) is 0.395. The van der Waals surface area contributed by atoms with Crippen LogP contribution in [0.15, 0.2) is 60.7 Å². The van der Waals surface area contributed by atoms with E-state index in [1.807, 2.05) is 12.1 Å². The lowest BCUT2D eigenvalue weighted by molar-refractivity contribution is 0.302. The molecule has 0 saturated heterocycles. The molecule has 0 atom stereocenters. The lowest BCUT2D eigenvalue weighted by Crippen LogP contribution is -2.17. The molecule has 1 N–H and O–H groups in total. The van der Waals surface area contributed by atoms with Crippen molar-refractivity contribution in [3.8, 4) is 5.75 Å². The van der Waals surface area contributed by atoms with Crippen molar-refractivity contribution in [3.63, 3.8) is 0 Å². The number of hydrogen-bond acceptors (Lipinski definition) is 2. The SMILES string of the molecule is Fc1ccc(CCNCc2cc(Cl)ccc2OCc2c(Cl)cccc2Cl)cc1. The van der Waals surface area contributed by atoms with Gasteiger partial charge < -0.3 is 10.1 Å². The molecule has 0 unspecified atom stereocenters. The molecule has 0 aliphatic carbocycles. The third kappa shape index (κ3) is 5.86. The van der Waals surface area contributed by atoms with Crippen molar-refractivity contribution in [2.45, 2.75) is 19.6 Å². The van der Waals surface area contributed by atoms with Gasteiger partial charge in [-0.05, 0) is 61.0 Å². The Morgan fingerprint density at radius 3 is 2.32 bits per heavy atom. The molecule has 0 saturated carbocycles. The number of hydrogen-bond donors (Lipinski definition) is 1. The Hall–Kier alpha value is -1.78. The lowest BCUT2D eigenvalue weighted by atomic mass is 10.1. The van der Waals surface area contributed by atoms with Gasteiger partial charge in [0.15, 0.2) is 0 Å². The van der Waals surface area contributed by atoms with E-state index in [9.17, 15) is 4.39 Å². The van der Waals surface area contributed by atoms with Gasteiger partial charge in [-0.25, -0.2) is 4.39 Å². The van der Waals surface area contributed by atoms with Crippen LogP contribution < -0.4 is 10.1 Å². The first-order valence-electron chi connectivity index (χ1n) is 8.82. The number of rotatable bonds is 8. The molecule has 0 aliphatic rings. The van der Waals surface area contributed by atoms with Gasteiger partial charge in [-0.1, -0.05) is 53.0 Å². The number of nitrogens with one attached hydrogen (secondary N) is 1. The molecule has 146 valence electrons. The minimum atomic E-state index is -0.226. The summed E-state index contributed by atoms with van der Waals surface area (Å²) in [5, 5.41) is 5.15. The van der Waals surface area contributed by atoms with E-state index in [4.69, 9.17) is 39.5 Å². The van der Waals surface area contributed by atoms with Crippen molar-refractivity contribution < 1.29 is 9.13 Å². The molecule has 0 radical (unpaired) electrons. The minimum Gasteiger partial charge on any atom is -0.488 e. The molecular formula is C22H19Cl3FNO. The second kappa shape index (κ2) is 10.1. The van der Waals surface area contributed by atoms with Gasteiger partial charge in [0.05, 0.1) is 0 Å². The van der Waals surface area contributed by atoms with Crippen LogP contribution in [0, 0.1) is 5.82 Å². The van der Waals surface area contributed by atoms with Gasteiger partial charge in [-0.2, -0.15) is 0 Å². The molecule has 0 aromatic heterocycles. The molecule has 28 heavy (non-hydrogen) atoms. The van der Waals surface area contributed by atoms with Gasteiger partial charge in [0.25, 0.3) is 0 Å². The van der Waals surface area contributed by atoms with Crippen molar-refractivity contribution >= 4 is 34.8 Å². The highest BCUT2D eigenvalue weighted by Gasteiger charge is 2.09. The van der Waals surface area contributed by atoms with Crippen LogP contribution in [0.5, 0.6) is 5.75 Å². The number of ether oxygens (including phenoxy) is 1. The first kappa shape index (κ1) is 20.9. The monoisotopic (exact) mass is 437 g/mol. The molecule has 0 fully saturated rings. The van der Waals surface area contributed by atoms with E-state index in [1.165, 1.54) is 12.1 Å². The van der Waals surface area contributed by atoms with Crippen LogP contribution in [0.1, 0.15) is 16.7 Å². The van der Waals surface area contributed by atoms with Gasteiger partial charge in [-0.3, -0.25) is 0 Å². The second-order valence-electron chi connectivity index (χ2n) is 6.29. The van der Waals surface area contributed by atoms with Gasteiger partial charge in [0, 0.05) is 32.7 Å². The van der Waals surface area contributed by atoms with Crippen molar-refractivity contribution in [2.24, 2.45) is 0 Å². The molecule has 0 bridgehead atoms. The Bertz CT molecular complexity index is 911. The zero-order valence-corrected chi connectivity index (χ0v) is 17.3. The Morgan fingerprint density at radius 2 is 1.61 bits per heavy atom. The van der Waals surface area contributed by atoms with Crippen molar-refractivity contribution in [3.05, 3.63) is 98.2 Å². The lowest BCUT2D eigenvalue weighted by Gasteiger charge is -2.14. The van der Waals surface area contributed by atoms with Gasteiger partial charge in [0.2, 0.25) is 0 Å². The van der Waals surface area contributed by atoms with Crippen LogP contribution in [0.25, 0.3) is 0 Å². The zero-order chi connectivity index (χ0) is 19.9. The van der Waals surface area contributed by atoms with E-state index in [1.54, 1.807) is 36.4 Å². The summed E-state index contributed by atoms with van der Waals surface area (Å²) in [7, 11) is 0. The molecule has 0 amide bonds. The third-order valence-corrected chi connectivity index (χ3v) is 5.22. The smallest absolute Gasteiger partial charge is 0.124 e. The summed E-state index contributed by atoms with van der Waals surface area (Å²) in [5.41, 5.74) is 2.76. The summed E-state index contributed by atoms with van der Waals surface area (Å²) in [6.45, 7) is 1.60. The average molecular weight is 439 g/mol. The van der Waals surface area contributed by atoms with Crippen LogP contribution in [-0.2, 0) is 19.6 Å². The molecule has 0 aliphatic heterocycles. The molecule has 6 heteroatoms. The molecule has 3 aromatic carbocycles. The van der Waals surface area contributed by atoms with Gasteiger partial charge >= 0.3 is 0 Å². The first-order chi connectivity index (χ1) is 13.5. The molecular weight excluding hydrogens is 420 g/mol. The maximum atomic E-state index is 13.0. The van der Waals surface area contributed by atoms with Crippen LogP contribution >= 0.6 is 34.8 Å². The normalized spacial score (nSPS) is 10.9. The second-order valence-corrected chi connectivity index (χ2v) is 7.55. The fraction of sp³-hybridized carbons (Fsp3) is 0.182. The summed E-state index contributed by atoms with van der Waals surface area (Å²) >= 11 is 18.6. The van der Waals surface area contributed by atoms with E-state index in [-0.39, 0.29) is 12.4 Å². The third-order valence-electron chi connectivity index (χ3n) is 4.28. The summed E-state index contributed by atoms with van der Waals surface area (Å²) < 4.78 is 18.9. The van der Waals surface area contributed by atoms with Crippen molar-refractivity contribution in [2.75, 3.05) is 6.54 Å². The van der Waals surface area contributed by atoms with Crippen molar-refractivity contribution in [1.82, 2.24) is 5.32 Å². The summed E-state index contributed by atoms with van der Waals surface area (Å²) in [6.07, 6.45) is 0.798. The van der Waals surface area contributed by atoms with E-state index in [2.05, 4.69) is 5.32 Å².